The topological polar surface area (TPSA) is 49.0 Å². The largest absolute Gasteiger partial charge is 0.461 e. The van der Waals surface area contributed by atoms with E-state index in [9.17, 15) is 4.79 Å². The standard InChI is InChI=1S/C12H15N3O2/c1-2-17-12(16)11-5-3-7-14(11)9-10-15-8-4-6-13-15/h3-8H,2,9-10H2,1H3. The molecule has 2 heterocycles. The lowest BCUT2D eigenvalue weighted by Gasteiger charge is -2.08. The zero-order chi connectivity index (χ0) is 12.1. The Morgan fingerprint density at radius 1 is 1.35 bits per heavy atom. The van der Waals surface area contributed by atoms with Crippen LogP contribution in [0.5, 0.6) is 0 Å². The molecule has 90 valence electrons. The molecule has 0 spiro atoms. The highest BCUT2D eigenvalue weighted by Gasteiger charge is 2.11. The van der Waals surface area contributed by atoms with Gasteiger partial charge in [-0.3, -0.25) is 4.68 Å². The second kappa shape index (κ2) is 5.34. The highest BCUT2D eigenvalue weighted by atomic mass is 16.5. The number of carbonyl (C=O) groups is 1. The number of esters is 1. The number of ether oxygens (including phenoxy) is 1. The van der Waals surface area contributed by atoms with E-state index in [2.05, 4.69) is 5.10 Å². The average Bonchev–Trinajstić information content (AvgIpc) is 2.98. The van der Waals surface area contributed by atoms with Gasteiger partial charge in [0.1, 0.15) is 5.69 Å². The molecule has 0 saturated carbocycles. The van der Waals surface area contributed by atoms with Gasteiger partial charge in [-0.25, -0.2) is 4.79 Å². The number of rotatable bonds is 5. The number of aryl methyl sites for hydroxylation is 2. The average molecular weight is 233 g/mol. The van der Waals surface area contributed by atoms with Crippen LogP contribution in [-0.4, -0.2) is 26.9 Å². The van der Waals surface area contributed by atoms with Crippen molar-refractivity contribution >= 4 is 5.97 Å². The molecule has 0 atom stereocenters. The van der Waals surface area contributed by atoms with Crippen LogP contribution in [0, 0.1) is 0 Å². The maximum absolute atomic E-state index is 11.6. The summed E-state index contributed by atoms with van der Waals surface area (Å²) in [6.07, 6.45) is 5.51. The molecule has 0 unspecified atom stereocenters. The Kier molecular flexibility index (Phi) is 3.59. The van der Waals surface area contributed by atoms with Crippen LogP contribution < -0.4 is 0 Å². The molecule has 2 aromatic rings. The van der Waals surface area contributed by atoms with Gasteiger partial charge in [0, 0.05) is 25.1 Å². The van der Waals surface area contributed by atoms with Crippen molar-refractivity contribution in [2.75, 3.05) is 6.61 Å². The van der Waals surface area contributed by atoms with Gasteiger partial charge in [-0.2, -0.15) is 5.10 Å². The fourth-order valence-electron chi connectivity index (χ4n) is 1.64. The third kappa shape index (κ3) is 2.75. The van der Waals surface area contributed by atoms with Crippen LogP contribution in [-0.2, 0) is 17.8 Å². The molecule has 0 aliphatic carbocycles. The Balaban J connectivity index is 2.01. The molecule has 0 aliphatic rings. The first-order valence-corrected chi connectivity index (χ1v) is 5.61. The van der Waals surface area contributed by atoms with Crippen molar-refractivity contribution < 1.29 is 9.53 Å². The first-order valence-electron chi connectivity index (χ1n) is 5.61. The maximum atomic E-state index is 11.6. The molecule has 0 aromatic carbocycles. The van der Waals surface area contributed by atoms with E-state index >= 15 is 0 Å². The molecule has 0 amide bonds. The van der Waals surface area contributed by atoms with Gasteiger partial charge < -0.3 is 9.30 Å². The quantitative estimate of drug-likeness (QED) is 0.736. The van der Waals surface area contributed by atoms with Crippen molar-refractivity contribution in [1.29, 1.82) is 0 Å². The minimum Gasteiger partial charge on any atom is -0.461 e. The van der Waals surface area contributed by atoms with Gasteiger partial charge in [-0.05, 0) is 25.1 Å². The molecule has 0 aliphatic heterocycles. The summed E-state index contributed by atoms with van der Waals surface area (Å²) in [5, 5.41) is 4.11. The van der Waals surface area contributed by atoms with Crippen LogP contribution in [0.1, 0.15) is 17.4 Å². The lowest BCUT2D eigenvalue weighted by Crippen LogP contribution is -2.14. The van der Waals surface area contributed by atoms with Crippen LogP contribution >= 0.6 is 0 Å². The number of hydrogen-bond donors (Lipinski definition) is 0. The summed E-state index contributed by atoms with van der Waals surface area (Å²) < 4.78 is 8.68. The van der Waals surface area contributed by atoms with E-state index in [1.807, 2.05) is 33.8 Å². The molecule has 2 aromatic heterocycles. The van der Waals surface area contributed by atoms with E-state index in [1.165, 1.54) is 0 Å². The van der Waals surface area contributed by atoms with Gasteiger partial charge in [-0.15, -0.1) is 0 Å². The van der Waals surface area contributed by atoms with Crippen molar-refractivity contribution in [3.8, 4) is 0 Å². The molecule has 0 saturated heterocycles. The molecule has 17 heavy (non-hydrogen) atoms. The van der Waals surface area contributed by atoms with E-state index in [1.54, 1.807) is 19.2 Å². The normalized spacial score (nSPS) is 10.4. The van der Waals surface area contributed by atoms with E-state index in [-0.39, 0.29) is 5.97 Å². The molecule has 0 radical (unpaired) electrons. The predicted octanol–water partition coefficient (Wildman–Crippen LogP) is 1.56. The third-order valence-corrected chi connectivity index (χ3v) is 2.44. The molecule has 5 heteroatoms. The van der Waals surface area contributed by atoms with Crippen LogP contribution in [0.2, 0.25) is 0 Å². The Morgan fingerprint density at radius 2 is 2.24 bits per heavy atom. The molecular weight excluding hydrogens is 218 g/mol. The second-order valence-electron chi connectivity index (χ2n) is 3.58. The monoisotopic (exact) mass is 233 g/mol. The summed E-state index contributed by atoms with van der Waals surface area (Å²) in [5.41, 5.74) is 0.582. The first-order chi connectivity index (χ1) is 8.31. The predicted molar refractivity (Wildman–Crippen MR) is 62.6 cm³/mol. The Morgan fingerprint density at radius 3 is 2.94 bits per heavy atom. The summed E-state index contributed by atoms with van der Waals surface area (Å²) in [6, 6.07) is 5.48. The molecule has 5 nitrogen and oxygen atoms in total. The minimum atomic E-state index is -0.280. The van der Waals surface area contributed by atoms with Crippen molar-refractivity contribution in [2.24, 2.45) is 0 Å². The van der Waals surface area contributed by atoms with Crippen molar-refractivity contribution in [2.45, 2.75) is 20.0 Å². The van der Waals surface area contributed by atoms with Gasteiger partial charge >= 0.3 is 5.97 Å². The smallest absolute Gasteiger partial charge is 0.354 e. The summed E-state index contributed by atoms with van der Waals surface area (Å²) in [5.74, 6) is -0.280. The molecule has 2 rings (SSSR count). The number of aromatic nitrogens is 3. The van der Waals surface area contributed by atoms with Crippen LogP contribution in [0.3, 0.4) is 0 Å². The van der Waals surface area contributed by atoms with E-state index in [0.29, 0.717) is 18.8 Å². The number of nitrogens with zero attached hydrogens (tertiary/aromatic N) is 3. The number of carbonyl (C=O) groups excluding carboxylic acids is 1. The Bertz CT molecular complexity index is 474. The number of hydrogen-bond acceptors (Lipinski definition) is 3. The van der Waals surface area contributed by atoms with Crippen molar-refractivity contribution in [3.05, 3.63) is 42.5 Å². The van der Waals surface area contributed by atoms with Crippen molar-refractivity contribution in [3.63, 3.8) is 0 Å². The van der Waals surface area contributed by atoms with E-state index < -0.39 is 0 Å². The Hall–Kier alpha value is -2.04. The minimum absolute atomic E-state index is 0.280. The lowest BCUT2D eigenvalue weighted by atomic mass is 10.4. The van der Waals surface area contributed by atoms with Gasteiger partial charge in [0.2, 0.25) is 0 Å². The zero-order valence-electron chi connectivity index (χ0n) is 9.74. The van der Waals surface area contributed by atoms with Crippen molar-refractivity contribution in [1.82, 2.24) is 14.3 Å². The fourth-order valence-corrected chi connectivity index (χ4v) is 1.64. The fraction of sp³-hybridized carbons (Fsp3) is 0.333. The summed E-state index contributed by atoms with van der Waals surface area (Å²) >= 11 is 0. The zero-order valence-corrected chi connectivity index (χ0v) is 9.74. The first kappa shape index (κ1) is 11.4. The van der Waals surface area contributed by atoms with Gasteiger partial charge in [-0.1, -0.05) is 0 Å². The van der Waals surface area contributed by atoms with E-state index in [0.717, 1.165) is 6.54 Å². The summed E-state index contributed by atoms with van der Waals surface area (Å²) in [4.78, 5) is 11.6. The summed E-state index contributed by atoms with van der Waals surface area (Å²) in [7, 11) is 0. The summed E-state index contributed by atoms with van der Waals surface area (Å²) in [6.45, 7) is 3.62. The van der Waals surface area contributed by atoms with E-state index in [4.69, 9.17) is 4.74 Å². The molecular formula is C12H15N3O2. The molecule has 0 bridgehead atoms. The molecule has 0 N–H and O–H groups in total. The molecule has 0 fully saturated rings. The highest BCUT2D eigenvalue weighted by Crippen LogP contribution is 2.05. The van der Waals surface area contributed by atoms with Gasteiger partial charge in [0.15, 0.2) is 0 Å². The van der Waals surface area contributed by atoms with Gasteiger partial charge in [0.25, 0.3) is 0 Å². The second-order valence-corrected chi connectivity index (χ2v) is 3.58. The van der Waals surface area contributed by atoms with Gasteiger partial charge in [0.05, 0.1) is 13.2 Å². The lowest BCUT2D eigenvalue weighted by molar-refractivity contribution is 0.0513. The van der Waals surface area contributed by atoms with Crippen LogP contribution in [0.15, 0.2) is 36.8 Å². The Labute approximate surface area is 99.6 Å². The highest BCUT2D eigenvalue weighted by molar-refractivity contribution is 5.87. The maximum Gasteiger partial charge on any atom is 0.354 e. The SMILES string of the molecule is CCOC(=O)c1cccn1CCn1cccn1. The third-order valence-electron chi connectivity index (χ3n) is 2.44. The van der Waals surface area contributed by atoms with Crippen LogP contribution in [0.25, 0.3) is 0 Å². The van der Waals surface area contributed by atoms with Crippen LogP contribution in [0.4, 0.5) is 0 Å².